The highest BCUT2D eigenvalue weighted by molar-refractivity contribution is 7.89. The smallest absolute Gasteiger partial charge is 0.241 e. The van der Waals surface area contributed by atoms with E-state index in [4.69, 9.17) is 10.9 Å². The maximum absolute atomic E-state index is 11.8. The van der Waals surface area contributed by atoms with E-state index < -0.39 is 22.0 Å². The molecule has 6 nitrogen and oxygen atoms in total. The van der Waals surface area contributed by atoms with Gasteiger partial charge in [-0.1, -0.05) is 26.0 Å². The Labute approximate surface area is 106 Å². The summed E-state index contributed by atoms with van der Waals surface area (Å²) in [7, 11) is -3.88. The van der Waals surface area contributed by atoms with E-state index in [1.165, 1.54) is 18.2 Å². The van der Waals surface area contributed by atoms with Gasteiger partial charge in [-0.2, -0.15) is 0 Å². The van der Waals surface area contributed by atoms with Gasteiger partial charge in [0.1, 0.15) is 4.90 Å². The lowest BCUT2D eigenvalue weighted by Crippen LogP contribution is -2.40. The molecule has 0 bridgehead atoms. The Morgan fingerprint density at radius 1 is 1.28 bits per heavy atom. The molecule has 0 aromatic heterocycles. The zero-order chi connectivity index (χ0) is 13.9. The molecule has 1 aromatic carbocycles. The molecule has 1 rings (SSSR count). The predicted octanol–water partition coefficient (Wildman–Crippen LogP) is 0.256. The number of nitrogens with one attached hydrogen (secondary N) is 1. The Morgan fingerprint density at radius 3 is 2.33 bits per heavy atom. The minimum Gasteiger partial charge on any atom is -0.324 e. The number of carbonyl (C=O) groups excluding carboxylic acids is 1. The number of nitrogens with two attached hydrogens (primary N) is 2. The summed E-state index contributed by atoms with van der Waals surface area (Å²) >= 11 is 0. The predicted molar refractivity (Wildman–Crippen MR) is 69.3 cm³/mol. The van der Waals surface area contributed by atoms with Crippen molar-refractivity contribution in [3.8, 4) is 0 Å². The van der Waals surface area contributed by atoms with Crippen molar-refractivity contribution in [1.82, 2.24) is 0 Å². The van der Waals surface area contributed by atoms with Crippen LogP contribution in [0.5, 0.6) is 0 Å². The molecule has 0 radical (unpaired) electrons. The van der Waals surface area contributed by atoms with E-state index in [1.54, 1.807) is 19.9 Å². The fourth-order valence-corrected chi connectivity index (χ4v) is 2.03. The van der Waals surface area contributed by atoms with Crippen molar-refractivity contribution in [2.75, 3.05) is 5.32 Å². The van der Waals surface area contributed by atoms with Gasteiger partial charge in [0.15, 0.2) is 0 Å². The molecule has 1 amide bonds. The van der Waals surface area contributed by atoms with E-state index in [2.05, 4.69) is 5.32 Å². The summed E-state index contributed by atoms with van der Waals surface area (Å²) in [5.41, 5.74) is 5.81. The monoisotopic (exact) mass is 271 g/mol. The van der Waals surface area contributed by atoms with Gasteiger partial charge in [0, 0.05) is 0 Å². The molecule has 100 valence electrons. The molecule has 18 heavy (non-hydrogen) atoms. The van der Waals surface area contributed by atoms with Crippen LogP contribution in [0, 0.1) is 5.92 Å². The average Bonchev–Trinajstić information content (AvgIpc) is 2.27. The Kier molecular flexibility index (Phi) is 4.44. The second-order valence-corrected chi connectivity index (χ2v) is 5.83. The largest absolute Gasteiger partial charge is 0.324 e. The molecule has 0 aliphatic rings. The Bertz CT molecular complexity index is 540. The summed E-state index contributed by atoms with van der Waals surface area (Å²) in [6.07, 6.45) is 0. The van der Waals surface area contributed by atoms with Gasteiger partial charge in [-0.15, -0.1) is 0 Å². The Balaban J connectivity index is 3.03. The maximum atomic E-state index is 11.8. The first kappa shape index (κ1) is 14.6. The fourth-order valence-electron chi connectivity index (χ4n) is 1.34. The molecule has 0 spiro atoms. The molecule has 0 heterocycles. The molecule has 5 N–H and O–H groups in total. The third kappa shape index (κ3) is 3.52. The minimum atomic E-state index is -3.88. The van der Waals surface area contributed by atoms with Crippen molar-refractivity contribution in [1.29, 1.82) is 0 Å². The van der Waals surface area contributed by atoms with E-state index in [0.29, 0.717) is 0 Å². The third-order valence-corrected chi connectivity index (χ3v) is 3.44. The summed E-state index contributed by atoms with van der Waals surface area (Å²) in [5.74, 6) is -0.493. The van der Waals surface area contributed by atoms with Crippen LogP contribution in [0.4, 0.5) is 5.69 Å². The lowest BCUT2D eigenvalue weighted by Gasteiger charge is -2.16. The van der Waals surface area contributed by atoms with Crippen molar-refractivity contribution in [2.24, 2.45) is 16.8 Å². The molecule has 0 saturated heterocycles. The van der Waals surface area contributed by atoms with Crippen molar-refractivity contribution in [3.63, 3.8) is 0 Å². The molecule has 1 aromatic rings. The molecular formula is C11H17N3O3S. The van der Waals surface area contributed by atoms with E-state index >= 15 is 0 Å². The zero-order valence-electron chi connectivity index (χ0n) is 10.3. The number of amides is 1. The van der Waals surface area contributed by atoms with Crippen molar-refractivity contribution in [3.05, 3.63) is 24.3 Å². The van der Waals surface area contributed by atoms with Gasteiger partial charge in [0.05, 0.1) is 11.7 Å². The molecule has 7 heteroatoms. The van der Waals surface area contributed by atoms with Crippen LogP contribution in [0.1, 0.15) is 13.8 Å². The van der Waals surface area contributed by atoms with Gasteiger partial charge in [0.25, 0.3) is 0 Å². The Hall–Kier alpha value is -1.44. The summed E-state index contributed by atoms with van der Waals surface area (Å²) in [4.78, 5) is 11.6. The van der Waals surface area contributed by atoms with Crippen molar-refractivity contribution >= 4 is 21.6 Å². The van der Waals surface area contributed by atoms with Gasteiger partial charge in [-0.3, -0.25) is 4.79 Å². The van der Waals surface area contributed by atoms with Crippen LogP contribution in [0.15, 0.2) is 29.2 Å². The number of anilines is 1. The number of benzene rings is 1. The van der Waals surface area contributed by atoms with Gasteiger partial charge >= 0.3 is 0 Å². The van der Waals surface area contributed by atoms with Crippen LogP contribution in [-0.2, 0) is 14.8 Å². The van der Waals surface area contributed by atoms with Gasteiger partial charge < -0.3 is 11.1 Å². The zero-order valence-corrected chi connectivity index (χ0v) is 11.1. The number of hydrogen-bond acceptors (Lipinski definition) is 4. The minimum absolute atomic E-state index is 0.0494. The highest BCUT2D eigenvalue weighted by Gasteiger charge is 2.20. The van der Waals surface area contributed by atoms with E-state index in [1.807, 2.05) is 0 Å². The van der Waals surface area contributed by atoms with E-state index in [9.17, 15) is 13.2 Å². The summed E-state index contributed by atoms with van der Waals surface area (Å²) < 4.78 is 22.7. The SMILES string of the molecule is CC(C)[C@@H](N)C(=O)Nc1ccccc1S(N)(=O)=O. The van der Waals surface area contributed by atoms with Gasteiger partial charge in [-0.25, -0.2) is 13.6 Å². The van der Waals surface area contributed by atoms with Crippen LogP contribution >= 0.6 is 0 Å². The molecule has 0 unspecified atom stereocenters. The summed E-state index contributed by atoms with van der Waals surface area (Å²) in [6, 6.07) is 5.21. The number of para-hydroxylation sites is 1. The molecule has 1 atom stereocenters. The van der Waals surface area contributed by atoms with Crippen LogP contribution in [-0.4, -0.2) is 20.4 Å². The second-order valence-electron chi connectivity index (χ2n) is 4.30. The standard InChI is InChI=1S/C11H17N3O3S/c1-7(2)10(12)11(15)14-8-5-3-4-6-9(8)18(13,16)17/h3-7,10H,12H2,1-2H3,(H,14,15)(H2,13,16,17)/t10-/m1/s1. The van der Waals surface area contributed by atoms with Crippen LogP contribution in [0.25, 0.3) is 0 Å². The molecule has 0 fully saturated rings. The number of rotatable bonds is 4. The number of sulfonamides is 1. The molecule has 0 aliphatic carbocycles. The average molecular weight is 271 g/mol. The normalized spacial score (nSPS) is 13.4. The first-order chi connectivity index (χ1) is 8.23. The highest BCUT2D eigenvalue weighted by Crippen LogP contribution is 2.19. The topological polar surface area (TPSA) is 115 Å². The third-order valence-electron chi connectivity index (χ3n) is 2.47. The quantitative estimate of drug-likeness (QED) is 0.728. The van der Waals surface area contributed by atoms with Crippen LogP contribution in [0.2, 0.25) is 0 Å². The lowest BCUT2D eigenvalue weighted by atomic mass is 10.1. The summed E-state index contributed by atoms with van der Waals surface area (Å²) in [6.45, 7) is 3.60. The molecular weight excluding hydrogens is 254 g/mol. The summed E-state index contributed by atoms with van der Waals surface area (Å²) in [5, 5.41) is 7.53. The number of primary sulfonamides is 1. The van der Waals surface area contributed by atoms with E-state index in [-0.39, 0.29) is 16.5 Å². The first-order valence-corrected chi connectivity index (χ1v) is 6.96. The highest BCUT2D eigenvalue weighted by atomic mass is 32.2. The fraction of sp³-hybridized carbons (Fsp3) is 0.364. The number of carbonyl (C=O) groups is 1. The van der Waals surface area contributed by atoms with Crippen LogP contribution in [0.3, 0.4) is 0 Å². The Morgan fingerprint density at radius 2 is 1.83 bits per heavy atom. The molecule has 0 saturated carbocycles. The van der Waals surface area contributed by atoms with Crippen molar-refractivity contribution < 1.29 is 13.2 Å². The first-order valence-electron chi connectivity index (χ1n) is 5.41. The van der Waals surface area contributed by atoms with E-state index in [0.717, 1.165) is 0 Å². The van der Waals surface area contributed by atoms with Gasteiger partial charge in [-0.05, 0) is 18.1 Å². The molecule has 0 aliphatic heterocycles. The maximum Gasteiger partial charge on any atom is 0.241 e. The second kappa shape index (κ2) is 5.47. The van der Waals surface area contributed by atoms with Gasteiger partial charge in [0.2, 0.25) is 15.9 Å². The lowest BCUT2D eigenvalue weighted by molar-refractivity contribution is -0.118. The van der Waals surface area contributed by atoms with Crippen LogP contribution < -0.4 is 16.2 Å². The number of hydrogen-bond donors (Lipinski definition) is 3. The van der Waals surface area contributed by atoms with Crippen molar-refractivity contribution in [2.45, 2.75) is 24.8 Å².